The molecule has 0 saturated carbocycles. The Balaban J connectivity index is 1.64. The van der Waals surface area contributed by atoms with Crippen molar-refractivity contribution in [3.8, 4) is 5.75 Å². The molecule has 1 aliphatic heterocycles. The molecule has 0 atom stereocenters. The van der Waals surface area contributed by atoms with E-state index in [0.717, 1.165) is 31.0 Å². The first-order chi connectivity index (χ1) is 9.72. The van der Waals surface area contributed by atoms with Gasteiger partial charge in [-0.3, -0.25) is 0 Å². The van der Waals surface area contributed by atoms with Gasteiger partial charge in [-0.05, 0) is 41.5 Å². The molecule has 0 radical (unpaired) electrons. The zero-order chi connectivity index (χ0) is 13.9. The molecule has 0 spiro atoms. The predicted octanol–water partition coefficient (Wildman–Crippen LogP) is 3.30. The van der Waals surface area contributed by atoms with Crippen molar-refractivity contribution >= 4 is 11.4 Å². The zero-order valence-electron chi connectivity index (χ0n) is 12.0. The molecule has 20 heavy (non-hydrogen) atoms. The van der Waals surface area contributed by atoms with Gasteiger partial charge in [-0.25, -0.2) is 0 Å². The fraction of sp³-hybridized carbons (Fsp3) is 0.294. The third-order valence-electron chi connectivity index (χ3n) is 3.63. The summed E-state index contributed by atoms with van der Waals surface area (Å²) in [7, 11) is 4.10. The monoisotopic (exact) mass is 268 g/mol. The Bertz CT molecular complexity index is 590. The molecule has 0 aromatic heterocycles. The van der Waals surface area contributed by atoms with Gasteiger partial charge in [-0.1, -0.05) is 12.1 Å². The van der Waals surface area contributed by atoms with Crippen molar-refractivity contribution in [1.29, 1.82) is 0 Å². The van der Waals surface area contributed by atoms with E-state index in [1.165, 1.54) is 16.8 Å². The minimum atomic E-state index is 0.818. The van der Waals surface area contributed by atoms with Crippen LogP contribution in [0.4, 0.5) is 11.4 Å². The minimum Gasteiger partial charge on any atom is -0.493 e. The summed E-state index contributed by atoms with van der Waals surface area (Å²) in [6, 6.07) is 14.9. The van der Waals surface area contributed by atoms with Crippen LogP contribution in [0.1, 0.15) is 11.1 Å². The van der Waals surface area contributed by atoms with E-state index in [1.54, 1.807) is 0 Å². The number of ether oxygens (including phenoxy) is 1. The molecule has 1 heterocycles. The molecular formula is C17H20N2O. The Morgan fingerprint density at radius 2 is 1.90 bits per heavy atom. The van der Waals surface area contributed by atoms with Crippen LogP contribution < -0.4 is 15.0 Å². The van der Waals surface area contributed by atoms with Crippen LogP contribution in [-0.2, 0) is 13.0 Å². The van der Waals surface area contributed by atoms with E-state index < -0.39 is 0 Å². The molecule has 0 saturated heterocycles. The highest BCUT2D eigenvalue weighted by atomic mass is 16.5. The molecule has 0 unspecified atom stereocenters. The molecule has 0 aliphatic carbocycles. The van der Waals surface area contributed by atoms with Crippen molar-refractivity contribution in [2.24, 2.45) is 0 Å². The van der Waals surface area contributed by atoms with Crippen LogP contribution in [0.2, 0.25) is 0 Å². The van der Waals surface area contributed by atoms with Gasteiger partial charge in [0.15, 0.2) is 0 Å². The molecule has 1 N–H and O–H groups in total. The summed E-state index contributed by atoms with van der Waals surface area (Å²) in [6.07, 6.45) is 1.03. The van der Waals surface area contributed by atoms with Crippen LogP contribution >= 0.6 is 0 Å². The molecule has 0 fully saturated rings. The molecule has 3 heteroatoms. The van der Waals surface area contributed by atoms with E-state index in [2.05, 4.69) is 66.8 Å². The summed E-state index contributed by atoms with van der Waals surface area (Å²) in [6.45, 7) is 1.66. The van der Waals surface area contributed by atoms with E-state index in [0.29, 0.717) is 0 Å². The average molecular weight is 268 g/mol. The van der Waals surface area contributed by atoms with Gasteiger partial charge < -0.3 is 15.0 Å². The van der Waals surface area contributed by atoms with Crippen molar-refractivity contribution in [3.05, 3.63) is 53.6 Å². The van der Waals surface area contributed by atoms with Crippen LogP contribution in [0.5, 0.6) is 5.75 Å². The first kappa shape index (κ1) is 12.9. The first-order valence-electron chi connectivity index (χ1n) is 6.98. The number of nitrogens with zero attached hydrogens (tertiary/aromatic N) is 1. The smallest absolute Gasteiger partial charge is 0.122 e. The van der Waals surface area contributed by atoms with Gasteiger partial charge >= 0.3 is 0 Å². The van der Waals surface area contributed by atoms with Gasteiger partial charge in [0.25, 0.3) is 0 Å². The van der Waals surface area contributed by atoms with E-state index in [-0.39, 0.29) is 0 Å². The van der Waals surface area contributed by atoms with Gasteiger partial charge in [0.05, 0.1) is 6.61 Å². The highest BCUT2D eigenvalue weighted by Gasteiger charge is 2.11. The fourth-order valence-corrected chi connectivity index (χ4v) is 2.43. The number of fused-ring (bicyclic) bond motifs is 1. The largest absolute Gasteiger partial charge is 0.493 e. The maximum Gasteiger partial charge on any atom is 0.122 e. The number of hydrogen-bond donors (Lipinski definition) is 1. The van der Waals surface area contributed by atoms with E-state index in [1.807, 2.05) is 0 Å². The quantitative estimate of drug-likeness (QED) is 0.920. The van der Waals surface area contributed by atoms with E-state index >= 15 is 0 Å². The lowest BCUT2D eigenvalue weighted by molar-refractivity contribution is 0.357. The average Bonchev–Trinajstić information content (AvgIpc) is 2.93. The van der Waals surface area contributed by atoms with Gasteiger partial charge in [0.1, 0.15) is 5.75 Å². The third kappa shape index (κ3) is 2.72. The molecule has 0 bridgehead atoms. The standard InChI is InChI=1S/C17H20N2O/c1-19(2)16-6-4-15(5-7-16)18-12-13-3-8-17-14(11-13)9-10-20-17/h3-8,11,18H,9-10,12H2,1-2H3. The van der Waals surface area contributed by atoms with Crippen molar-refractivity contribution < 1.29 is 4.74 Å². The van der Waals surface area contributed by atoms with Crippen LogP contribution in [-0.4, -0.2) is 20.7 Å². The second kappa shape index (κ2) is 5.45. The molecule has 3 rings (SSSR count). The van der Waals surface area contributed by atoms with Crippen LogP contribution in [0, 0.1) is 0 Å². The van der Waals surface area contributed by atoms with Gasteiger partial charge in [-0.15, -0.1) is 0 Å². The molecular weight excluding hydrogens is 248 g/mol. The molecule has 2 aromatic carbocycles. The second-order valence-electron chi connectivity index (χ2n) is 5.34. The molecule has 0 amide bonds. The van der Waals surface area contributed by atoms with Crippen LogP contribution in [0.25, 0.3) is 0 Å². The summed E-state index contributed by atoms with van der Waals surface area (Å²) in [4.78, 5) is 2.10. The summed E-state index contributed by atoms with van der Waals surface area (Å²) in [5.41, 5.74) is 4.98. The predicted molar refractivity (Wildman–Crippen MR) is 83.7 cm³/mol. The van der Waals surface area contributed by atoms with E-state index in [4.69, 9.17) is 4.74 Å². The summed E-state index contributed by atoms with van der Waals surface area (Å²) < 4.78 is 5.53. The fourth-order valence-electron chi connectivity index (χ4n) is 2.43. The lowest BCUT2D eigenvalue weighted by Gasteiger charge is -2.13. The number of rotatable bonds is 4. The Morgan fingerprint density at radius 3 is 2.65 bits per heavy atom. The summed E-state index contributed by atoms with van der Waals surface area (Å²) >= 11 is 0. The topological polar surface area (TPSA) is 24.5 Å². The highest BCUT2D eigenvalue weighted by molar-refractivity contribution is 5.54. The summed E-state index contributed by atoms with van der Waals surface area (Å²) in [5.74, 6) is 1.05. The second-order valence-corrected chi connectivity index (χ2v) is 5.34. The van der Waals surface area contributed by atoms with E-state index in [9.17, 15) is 0 Å². The Labute approximate surface area is 120 Å². The lowest BCUT2D eigenvalue weighted by Crippen LogP contribution is -2.08. The molecule has 104 valence electrons. The lowest BCUT2D eigenvalue weighted by atomic mass is 10.1. The maximum absolute atomic E-state index is 5.53. The van der Waals surface area contributed by atoms with Crippen molar-refractivity contribution in [2.45, 2.75) is 13.0 Å². The first-order valence-corrected chi connectivity index (χ1v) is 6.98. The molecule has 3 nitrogen and oxygen atoms in total. The number of benzene rings is 2. The Morgan fingerprint density at radius 1 is 1.10 bits per heavy atom. The summed E-state index contributed by atoms with van der Waals surface area (Å²) in [5, 5.41) is 3.46. The third-order valence-corrected chi connectivity index (χ3v) is 3.63. The van der Waals surface area contributed by atoms with Crippen LogP contribution in [0.3, 0.4) is 0 Å². The number of anilines is 2. The number of hydrogen-bond acceptors (Lipinski definition) is 3. The number of nitrogens with one attached hydrogen (secondary N) is 1. The van der Waals surface area contributed by atoms with Gasteiger partial charge in [0.2, 0.25) is 0 Å². The van der Waals surface area contributed by atoms with Crippen molar-refractivity contribution in [3.63, 3.8) is 0 Å². The molecule has 1 aliphatic rings. The van der Waals surface area contributed by atoms with Gasteiger partial charge in [-0.2, -0.15) is 0 Å². The van der Waals surface area contributed by atoms with Gasteiger partial charge in [0, 0.05) is 38.4 Å². The van der Waals surface area contributed by atoms with Crippen molar-refractivity contribution in [2.75, 3.05) is 30.9 Å². The Kier molecular flexibility index (Phi) is 3.50. The van der Waals surface area contributed by atoms with Crippen LogP contribution in [0.15, 0.2) is 42.5 Å². The Hall–Kier alpha value is -2.16. The SMILES string of the molecule is CN(C)c1ccc(NCc2ccc3c(c2)CCO3)cc1. The molecule has 2 aromatic rings. The highest BCUT2D eigenvalue weighted by Crippen LogP contribution is 2.26. The normalized spacial score (nSPS) is 12.7. The maximum atomic E-state index is 5.53. The minimum absolute atomic E-state index is 0.818. The zero-order valence-corrected chi connectivity index (χ0v) is 12.0. The van der Waals surface area contributed by atoms with Crippen molar-refractivity contribution in [1.82, 2.24) is 0 Å².